The van der Waals surface area contributed by atoms with Crippen molar-refractivity contribution < 1.29 is 0 Å². The predicted molar refractivity (Wildman–Crippen MR) is 77.4 cm³/mol. The summed E-state index contributed by atoms with van der Waals surface area (Å²) in [5, 5.41) is 4.64. The van der Waals surface area contributed by atoms with Crippen LogP contribution in [0.4, 0.5) is 5.13 Å². The van der Waals surface area contributed by atoms with Gasteiger partial charge in [-0.1, -0.05) is 6.92 Å². The van der Waals surface area contributed by atoms with E-state index in [1.54, 1.807) is 11.3 Å². The van der Waals surface area contributed by atoms with E-state index in [-0.39, 0.29) is 12.4 Å². The molecule has 1 heterocycles. The van der Waals surface area contributed by atoms with Crippen LogP contribution >= 0.6 is 23.7 Å². The quantitative estimate of drug-likeness (QED) is 0.896. The molecule has 1 aliphatic rings. The molecule has 2 unspecified atom stereocenters. The van der Waals surface area contributed by atoms with E-state index < -0.39 is 0 Å². The van der Waals surface area contributed by atoms with Gasteiger partial charge in [-0.3, -0.25) is 0 Å². The second kappa shape index (κ2) is 6.03. The van der Waals surface area contributed by atoms with E-state index in [2.05, 4.69) is 29.0 Å². The van der Waals surface area contributed by atoms with E-state index in [0.717, 1.165) is 30.1 Å². The van der Waals surface area contributed by atoms with E-state index >= 15 is 0 Å². The Balaban J connectivity index is 0.00000144. The first-order chi connectivity index (χ1) is 7.58. The summed E-state index contributed by atoms with van der Waals surface area (Å²) in [6.07, 6.45) is 1.40. The molecule has 0 amide bonds. The van der Waals surface area contributed by atoms with Gasteiger partial charge in [-0.15, -0.1) is 23.7 Å². The zero-order chi connectivity index (χ0) is 11.7. The molecule has 0 radical (unpaired) electrons. The van der Waals surface area contributed by atoms with Gasteiger partial charge in [0.25, 0.3) is 0 Å². The van der Waals surface area contributed by atoms with Gasteiger partial charge in [0.1, 0.15) is 0 Å². The van der Waals surface area contributed by atoms with Crippen molar-refractivity contribution in [1.82, 2.24) is 10.3 Å². The number of nitrogens with zero attached hydrogens (tertiary/aromatic N) is 2. The molecule has 1 N–H and O–H groups in total. The van der Waals surface area contributed by atoms with Crippen LogP contribution in [0.25, 0.3) is 0 Å². The lowest BCUT2D eigenvalue weighted by Crippen LogP contribution is -2.16. The molecule has 1 aromatic heterocycles. The molecule has 98 valence electrons. The molecule has 3 nitrogen and oxygen atoms in total. The van der Waals surface area contributed by atoms with Crippen molar-refractivity contribution in [3.05, 3.63) is 10.6 Å². The first-order valence-corrected chi connectivity index (χ1v) is 6.74. The van der Waals surface area contributed by atoms with Crippen LogP contribution in [0.5, 0.6) is 0 Å². The Hall–Kier alpha value is -0.320. The van der Waals surface area contributed by atoms with Crippen molar-refractivity contribution in [3.63, 3.8) is 0 Å². The fourth-order valence-corrected chi connectivity index (χ4v) is 2.78. The van der Waals surface area contributed by atoms with Crippen molar-refractivity contribution in [2.45, 2.75) is 26.8 Å². The highest BCUT2D eigenvalue weighted by Gasteiger charge is 2.31. The number of thiazole rings is 1. The number of nitrogens with one attached hydrogen (secondary N) is 1. The Morgan fingerprint density at radius 1 is 1.47 bits per heavy atom. The first kappa shape index (κ1) is 14.7. The summed E-state index contributed by atoms with van der Waals surface area (Å²) in [6, 6.07) is 0. The largest absolute Gasteiger partial charge is 0.354 e. The van der Waals surface area contributed by atoms with Gasteiger partial charge in [-0.25, -0.2) is 4.98 Å². The molecule has 1 aliphatic carbocycles. The van der Waals surface area contributed by atoms with Gasteiger partial charge in [-0.05, 0) is 31.7 Å². The number of halogens is 1. The summed E-state index contributed by atoms with van der Waals surface area (Å²) in [6.45, 7) is 6.56. The van der Waals surface area contributed by atoms with Crippen LogP contribution in [-0.2, 0) is 6.54 Å². The van der Waals surface area contributed by atoms with Crippen molar-refractivity contribution in [2.75, 3.05) is 25.5 Å². The highest BCUT2D eigenvalue weighted by molar-refractivity contribution is 7.15. The molecule has 2 atom stereocenters. The summed E-state index contributed by atoms with van der Waals surface area (Å²) in [4.78, 5) is 7.99. The second-order valence-corrected chi connectivity index (χ2v) is 6.07. The van der Waals surface area contributed by atoms with E-state index in [0.29, 0.717) is 0 Å². The van der Waals surface area contributed by atoms with E-state index in [1.807, 2.05) is 14.1 Å². The average molecular weight is 276 g/mol. The number of aromatic nitrogens is 1. The monoisotopic (exact) mass is 275 g/mol. The van der Waals surface area contributed by atoms with Crippen LogP contribution in [-0.4, -0.2) is 25.6 Å². The molecule has 0 spiro atoms. The average Bonchev–Trinajstić information content (AvgIpc) is 2.77. The first-order valence-electron chi connectivity index (χ1n) is 5.92. The number of aryl methyl sites for hydroxylation is 1. The predicted octanol–water partition coefficient (Wildman–Crippen LogP) is 2.68. The third kappa shape index (κ3) is 3.83. The Morgan fingerprint density at radius 2 is 2.12 bits per heavy atom. The lowest BCUT2D eigenvalue weighted by molar-refractivity contribution is 0.614. The van der Waals surface area contributed by atoms with Crippen LogP contribution in [0, 0.1) is 18.8 Å². The minimum atomic E-state index is 0. The van der Waals surface area contributed by atoms with Crippen LogP contribution in [0.2, 0.25) is 0 Å². The molecule has 5 heteroatoms. The number of rotatable bonds is 5. The highest BCUT2D eigenvalue weighted by atomic mass is 35.5. The van der Waals surface area contributed by atoms with Gasteiger partial charge in [0, 0.05) is 25.5 Å². The van der Waals surface area contributed by atoms with E-state index in [1.165, 1.54) is 17.0 Å². The maximum atomic E-state index is 4.54. The molecule has 0 bridgehead atoms. The SMILES string of the molecule is Cc1nc(N(C)C)sc1CNCC1CC1C.Cl. The minimum absolute atomic E-state index is 0. The van der Waals surface area contributed by atoms with Crippen molar-refractivity contribution in [1.29, 1.82) is 0 Å². The van der Waals surface area contributed by atoms with Crippen LogP contribution < -0.4 is 10.2 Å². The van der Waals surface area contributed by atoms with Gasteiger partial charge in [0.2, 0.25) is 0 Å². The van der Waals surface area contributed by atoms with Crippen LogP contribution in [0.1, 0.15) is 23.9 Å². The summed E-state index contributed by atoms with van der Waals surface area (Å²) in [5.74, 6) is 1.86. The Bertz CT molecular complexity index is 365. The summed E-state index contributed by atoms with van der Waals surface area (Å²) in [5.41, 5.74) is 1.17. The molecule has 0 saturated heterocycles. The topological polar surface area (TPSA) is 28.2 Å². The summed E-state index contributed by atoms with van der Waals surface area (Å²) >= 11 is 1.79. The maximum Gasteiger partial charge on any atom is 0.185 e. The molecule has 1 saturated carbocycles. The Kier molecular flexibility index (Phi) is 5.22. The smallest absolute Gasteiger partial charge is 0.185 e. The molecule has 1 aromatic rings. The van der Waals surface area contributed by atoms with Gasteiger partial charge >= 0.3 is 0 Å². The maximum absolute atomic E-state index is 4.54. The fraction of sp³-hybridized carbons (Fsp3) is 0.750. The number of hydrogen-bond donors (Lipinski definition) is 1. The second-order valence-electron chi connectivity index (χ2n) is 5.00. The molecule has 17 heavy (non-hydrogen) atoms. The minimum Gasteiger partial charge on any atom is -0.354 e. The molecular weight excluding hydrogens is 254 g/mol. The van der Waals surface area contributed by atoms with Crippen LogP contribution in [0.3, 0.4) is 0 Å². The Labute approximate surface area is 114 Å². The summed E-state index contributed by atoms with van der Waals surface area (Å²) in [7, 11) is 4.09. The molecular formula is C12H22ClN3S. The zero-order valence-electron chi connectivity index (χ0n) is 11.0. The molecule has 0 aromatic carbocycles. The Morgan fingerprint density at radius 3 is 2.59 bits per heavy atom. The number of anilines is 1. The van der Waals surface area contributed by atoms with Gasteiger partial charge in [0.15, 0.2) is 5.13 Å². The van der Waals surface area contributed by atoms with Gasteiger partial charge in [0.05, 0.1) is 5.69 Å². The fourth-order valence-electron chi connectivity index (χ4n) is 1.82. The third-order valence-electron chi connectivity index (χ3n) is 3.23. The standard InChI is InChI=1S/C12H21N3S.ClH/c1-8-5-10(8)6-13-7-11-9(2)14-12(16-11)15(3)4;/h8,10,13H,5-7H2,1-4H3;1H. The lowest BCUT2D eigenvalue weighted by atomic mass is 10.3. The zero-order valence-corrected chi connectivity index (χ0v) is 12.6. The van der Waals surface area contributed by atoms with Gasteiger partial charge < -0.3 is 10.2 Å². The summed E-state index contributed by atoms with van der Waals surface area (Å²) < 4.78 is 0. The van der Waals surface area contributed by atoms with Crippen molar-refractivity contribution >= 4 is 28.9 Å². The number of hydrogen-bond acceptors (Lipinski definition) is 4. The highest BCUT2D eigenvalue weighted by Crippen LogP contribution is 2.36. The van der Waals surface area contributed by atoms with Crippen molar-refractivity contribution in [2.24, 2.45) is 11.8 Å². The van der Waals surface area contributed by atoms with Gasteiger partial charge in [-0.2, -0.15) is 0 Å². The van der Waals surface area contributed by atoms with Crippen molar-refractivity contribution in [3.8, 4) is 0 Å². The van der Waals surface area contributed by atoms with Crippen LogP contribution in [0.15, 0.2) is 0 Å². The molecule has 0 aliphatic heterocycles. The molecule has 2 rings (SSSR count). The third-order valence-corrected chi connectivity index (χ3v) is 4.56. The molecule has 1 fully saturated rings. The van der Waals surface area contributed by atoms with E-state index in [9.17, 15) is 0 Å². The lowest BCUT2D eigenvalue weighted by Gasteiger charge is -2.05. The van der Waals surface area contributed by atoms with E-state index in [4.69, 9.17) is 0 Å². The normalized spacial score (nSPS) is 22.1.